The number of methoxy groups -OCH3 is 1. The van der Waals surface area contributed by atoms with E-state index in [0.29, 0.717) is 17.8 Å². The summed E-state index contributed by atoms with van der Waals surface area (Å²) in [6.45, 7) is 1.64. The Labute approximate surface area is 146 Å². The Morgan fingerprint density at radius 3 is 3.00 bits per heavy atom. The number of anilines is 1. The van der Waals surface area contributed by atoms with Crippen LogP contribution in [-0.2, 0) is 11.8 Å². The molecule has 0 aromatic carbocycles. The smallest absolute Gasteiger partial charge is 0.203 e. The predicted molar refractivity (Wildman–Crippen MR) is 94.0 cm³/mol. The van der Waals surface area contributed by atoms with Crippen molar-refractivity contribution in [1.82, 2.24) is 25.0 Å². The molecule has 4 heterocycles. The van der Waals surface area contributed by atoms with Crippen molar-refractivity contribution in [2.24, 2.45) is 7.05 Å². The van der Waals surface area contributed by atoms with E-state index in [2.05, 4.69) is 15.5 Å². The molecular formula is C17H24N7O+. The molecule has 0 saturated carbocycles. The number of nitrogens with two attached hydrogens (primary N) is 1. The molecule has 0 radical (unpaired) electrons. The highest BCUT2D eigenvalue weighted by Gasteiger charge is 2.24. The highest BCUT2D eigenvalue weighted by molar-refractivity contribution is 5.76. The van der Waals surface area contributed by atoms with Gasteiger partial charge in [-0.2, -0.15) is 14.7 Å². The fourth-order valence-corrected chi connectivity index (χ4v) is 3.53. The number of hydrogen-bond acceptors (Lipinski definition) is 5. The van der Waals surface area contributed by atoms with Crippen LogP contribution in [0.2, 0.25) is 0 Å². The number of aromatic nitrogens is 5. The Morgan fingerprint density at radius 1 is 1.44 bits per heavy atom. The van der Waals surface area contributed by atoms with Gasteiger partial charge < -0.3 is 15.8 Å². The summed E-state index contributed by atoms with van der Waals surface area (Å²) in [6.07, 6.45) is 7.93. The largest absolute Gasteiger partial charge is 0.384 e. The zero-order chi connectivity index (χ0) is 17.4. The van der Waals surface area contributed by atoms with Crippen LogP contribution in [-0.4, -0.2) is 46.0 Å². The monoisotopic (exact) mass is 342 g/mol. The molecule has 3 aromatic rings. The number of hydrogen-bond donors (Lipinski definition) is 3. The van der Waals surface area contributed by atoms with Crippen LogP contribution >= 0.6 is 0 Å². The number of piperidine rings is 1. The zero-order valence-electron chi connectivity index (χ0n) is 14.6. The molecule has 8 nitrogen and oxygen atoms in total. The summed E-state index contributed by atoms with van der Waals surface area (Å²) in [4.78, 5) is 4.90. The van der Waals surface area contributed by atoms with Crippen LogP contribution in [0.1, 0.15) is 24.5 Å². The third-order valence-corrected chi connectivity index (χ3v) is 4.89. The first kappa shape index (κ1) is 16.0. The molecule has 0 unspecified atom stereocenters. The van der Waals surface area contributed by atoms with Crippen LogP contribution in [0.15, 0.2) is 24.7 Å². The van der Waals surface area contributed by atoms with E-state index in [4.69, 9.17) is 15.5 Å². The second-order valence-electron chi connectivity index (χ2n) is 6.70. The molecule has 0 bridgehead atoms. The first-order chi connectivity index (χ1) is 12.2. The number of rotatable bonds is 4. The van der Waals surface area contributed by atoms with Gasteiger partial charge in [0.1, 0.15) is 5.82 Å². The average Bonchev–Trinajstić information content (AvgIpc) is 3.22. The summed E-state index contributed by atoms with van der Waals surface area (Å²) in [5.41, 5.74) is 10.1. The molecule has 8 heteroatoms. The van der Waals surface area contributed by atoms with Crippen LogP contribution in [0, 0.1) is 0 Å². The van der Waals surface area contributed by atoms with Gasteiger partial charge in [0.05, 0.1) is 35.8 Å². The lowest BCUT2D eigenvalue weighted by atomic mass is 9.92. The summed E-state index contributed by atoms with van der Waals surface area (Å²) in [5.74, 6) is 0.968. The lowest BCUT2D eigenvalue weighted by Crippen LogP contribution is -2.40. The third-order valence-electron chi connectivity index (χ3n) is 4.89. The lowest BCUT2D eigenvalue weighted by Gasteiger charge is -2.29. The van der Waals surface area contributed by atoms with Crippen molar-refractivity contribution in [3.05, 3.63) is 30.4 Å². The fourth-order valence-electron chi connectivity index (χ4n) is 3.53. The van der Waals surface area contributed by atoms with Gasteiger partial charge in [0.2, 0.25) is 6.20 Å². The van der Waals surface area contributed by atoms with E-state index in [1.54, 1.807) is 11.6 Å². The van der Waals surface area contributed by atoms with Crippen molar-refractivity contribution < 1.29 is 9.42 Å². The molecule has 1 aliphatic rings. The molecule has 4 rings (SSSR count). The molecule has 2 atom stereocenters. The first-order valence-corrected chi connectivity index (χ1v) is 8.56. The molecular weight excluding hydrogens is 318 g/mol. The Bertz CT molecular complexity index is 876. The van der Waals surface area contributed by atoms with Gasteiger partial charge in [0, 0.05) is 31.7 Å². The van der Waals surface area contributed by atoms with Gasteiger partial charge in [-0.05, 0) is 12.8 Å². The van der Waals surface area contributed by atoms with Crippen molar-refractivity contribution in [2.75, 3.05) is 26.0 Å². The molecule has 1 fully saturated rings. The number of nitrogens with one attached hydrogen (secondary N) is 2. The van der Waals surface area contributed by atoms with Crippen LogP contribution in [0.4, 0.5) is 5.82 Å². The average molecular weight is 342 g/mol. The molecule has 25 heavy (non-hydrogen) atoms. The molecule has 4 N–H and O–H groups in total. The maximum absolute atomic E-state index is 6.24. The summed E-state index contributed by atoms with van der Waals surface area (Å²) in [5, 5.41) is 11.1. The minimum atomic E-state index is 0.352. The van der Waals surface area contributed by atoms with Crippen molar-refractivity contribution >= 4 is 11.5 Å². The Balaban J connectivity index is 1.67. The number of nitrogen functional groups attached to an aromatic ring is 1. The van der Waals surface area contributed by atoms with E-state index < -0.39 is 0 Å². The second kappa shape index (κ2) is 6.45. The van der Waals surface area contributed by atoms with Crippen molar-refractivity contribution in [3.63, 3.8) is 0 Å². The predicted octanol–water partition coefficient (Wildman–Crippen LogP) is 0.613. The topological polar surface area (TPSA) is 97.1 Å². The number of nitrogens with zero attached hydrogens (tertiary/aromatic N) is 4. The van der Waals surface area contributed by atoms with Crippen LogP contribution in [0.25, 0.3) is 16.8 Å². The van der Waals surface area contributed by atoms with Gasteiger partial charge in [-0.3, -0.25) is 0 Å². The maximum atomic E-state index is 6.24. The highest BCUT2D eigenvalue weighted by atomic mass is 16.5. The Kier molecular flexibility index (Phi) is 4.14. The molecule has 0 aliphatic carbocycles. The van der Waals surface area contributed by atoms with Crippen LogP contribution < -0.4 is 15.7 Å². The molecule has 1 saturated heterocycles. The maximum Gasteiger partial charge on any atom is 0.203 e. The van der Waals surface area contributed by atoms with Crippen molar-refractivity contribution in [3.8, 4) is 11.1 Å². The number of aromatic amines is 1. The van der Waals surface area contributed by atoms with E-state index in [-0.39, 0.29) is 0 Å². The highest BCUT2D eigenvalue weighted by Crippen LogP contribution is 2.29. The summed E-state index contributed by atoms with van der Waals surface area (Å²) >= 11 is 0. The standard InChI is InChI=1S/C17H23N7O/c1-23-9-12(7-20-23)14-8-21-24-16(18)5-15(22-17(14)24)11-3-4-13(10-25-2)19-6-11/h5,7-9,11,13,19H,3-4,6,10H2,1-2H3,(H2,18,21,22)/p+1/t11-,13-/m0/s1. The molecule has 0 spiro atoms. The fraction of sp³-hybridized carbons (Fsp3) is 0.471. The lowest BCUT2D eigenvalue weighted by molar-refractivity contribution is -0.726. The van der Waals surface area contributed by atoms with Gasteiger partial charge in [0.25, 0.3) is 0 Å². The number of fused-ring (bicyclic) bond motifs is 1. The van der Waals surface area contributed by atoms with Crippen LogP contribution in [0.5, 0.6) is 0 Å². The molecule has 0 amide bonds. The minimum Gasteiger partial charge on any atom is -0.384 e. The van der Waals surface area contributed by atoms with E-state index in [9.17, 15) is 0 Å². The zero-order valence-corrected chi connectivity index (χ0v) is 14.6. The van der Waals surface area contributed by atoms with Gasteiger partial charge in [-0.1, -0.05) is 0 Å². The number of ether oxygens (including phenoxy) is 1. The molecule has 132 valence electrons. The quantitative estimate of drug-likeness (QED) is 0.604. The molecule has 1 aliphatic heterocycles. The summed E-state index contributed by atoms with van der Waals surface area (Å²) in [7, 11) is 3.69. The third kappa shape index (κ3) is 2.98. The van der Waals surface area contributed by atoms with Crippen molar-refractivity contribution in [2.45, 2.75) is 24.8 Å². The number of H-pyrrole nitrogens is 1. The van der Waals surface area contributed by atoms with Gasteiger partial charge in [-0.25, -0.2) is 4.98 Å². The Morgan fingerprint density at radius 2 is 2.32 bits per heavy atom. The second-order valence-corrected chi connectivity index (χ2v) is 6.70. The van der Waals surface area contributed by atoms with Crippen molar-refractivity contribution in [1.29, 1.82) is 0 Å². The minimum absolute atomic E-state index is 0.352. The van der Waals surface area contributed by atoms with E-state index in [1.165, 1.54) is 0 Å². The van der Waals surface area contributed by atoms with Gasteiger partial charge >= 0.3 is 0 Å². The summed E-state index contributed by atoms with van der Waals surface area (Å²) < 4.78 is 8.84. The Hall–Kier alpha value is -2.45. The normalized spacial score (nSPS) is 21.0. The number of aryl methyl sites for hydroxylation is 1. The van der Waals surface area contributed by atoms with E-state index in [0.717, 1.165) is 48.5 Å². The SMILES string of the molecule is COC[C@@H]1CC[C@H](c2cc(N)n3ncc(-c4c[nH][n+](C)c4)c3n2)CN1. The van der Waals surface area contributed by atoms with E-state index >= 15 is 0 Å². The molecule has 3 aromatic heterocycles. The summed E-state index contributed by atoms with van der Waals surface area (Å²) in [6, 6.07) is 2.37. The van der Waals surface area contributed by atoms with Gasteiger partial charge in [0.15, 0.2) is 12.7 Å². The first-order valence-electron chi connectivity index (χ1n) is 8.56. The van der Waals surface area contributed by atoms with Crippen LogP contribution in [0.3, 0.4) is 0 Å². The van der Waals surface area contributed by atoms with Gasteiger partial charge in [-0.15, -0.1) is 4.68 Å². The van der Waals surface area contributed by atoms with E-state index in [1.807, 2.05) is 36.4 Å².